The van der Waals surface area contributed by atoms with Crippen LogP contribution in [-0.4, -0.2) is 26.5 Å². The van der Waals surface area contributed by atoms with Gasteiger partial charge in [0.25, 0.3) is 10.0 Å². The fourth-order valence-electron chi connectivity index (χ4n) is 2.15. The molecule has 0 saturated carbocycles. The summed E-state index contributed by atoms with van der Waals surface area (Å²) in [7, 11) is -2.77. The van der Waals surface area contributed by atoms with Crippen molar-refractivity contribution in [3.8, 4) is 0 Å². The summed E-state index contributed by atoms with van der Waals surface area (Å²) in [5.74, 6) is -0.627. The highest BCUT2D eigenvalue weighted by Crippen LogP contribution is 2.29. The minimum atomic E-state index is -4.01. The summed E-state index contributed by atoms with van der Waals surface area (Å²) in [6, 6.07) is 7.39. The van der Waals surface area contributed by atoms with Gasteiger partial charge in [-0.05, 0) is 25.5 Å². The number of aromatic nitrogens is 1. The first-order chi connectivity index (χ1) is 10.8. The molecule has 2 rings (SSSR count). The van der Waals surface area contributed by atoms with E-state index >= 15 is 0 Å². The van der Waals surface area contributed by atoms with E-state index in [1.54, 1.807) is 0 Å². The molecule has 1 heterocycles. The lowest BCUT2D eigenvalue weighted by atomic mass is 10.1. The second-order valence-electron chi connectivity index (χ2n) is 4.95. The standard InChI is InChI=1S/C15H17N3O4S/c1-9-6-4-5-7-12(9)18-13-10(2)14(23(16,20)21)17-8-11(13)15(19)22-3/h4-8H,1-3H3,(H,17,18)(H2,16,20,21). The Hall–Kier alpha value is -2.45. The molecule has 8 heteroatoms. The molecule has 0 radical (unpaired) electrons. The number of esters is 1. The molecule has 0 aliphatic heterocycles. The van der Waals surface area contributed by atoms with Gasteiger partial charge in [-0.2, -0.15) is 0 Å². The zero-order chi connectivity index (χ0) is 17.2. The van der Waals surface area contributed by atoms with Gasteiger partial charge in [-0.25, -0.2) is 23.3 Å². The summed E-state index contributed by atoms with van der Waals surface area (Å²) in [5, 5.41) is 7.96. The number of benzene rings is 1. The zero-order valence-corrected chi connectivity index (χ0v) is 13.8. The lowest BCUT2D eigenvalue weighted by Gasteiger charge is -2.16. The number of anilines is 2. The average molecular weight is 335 g/mol. The third-order valence-corrected chi connectivity index (χ3v) is 4.31. The molecule has 0 spiro atoms. The van der Waals surface area contributed by atoms with Crippen molar-refractivity contribution in [2.75, 3.05) is 12.4 Å². The Kier molecular flexibility index (Phi) is 4.67. The van der Waals surface area contributed by atoms with E-state index in [0.717, 1.165) is 17.4 Å². The van der Waals surface area contributed by atoms with Crippen molar-refractivity contribution in [1.82, 2.24) is 4.98 Å². The highest BCUT2D eigenvalue weighted by molar-refractivity contribution is 7.89. The van der Waals surface area contributed by atoms with Gasteiger partial charge >= 0.3 is 5.97 Å². The van der Waals surface area contributed by atoms with Crippen LogP contribution in [0.2, 0.25) is 0 Å². The van der Waals surface area contributed by atoms with Crippen molar-refractivity contribution in [2.24, 2.45) is 5.14 Å². The van der Waals surface area contributed by atoms with Gasteiger partial charge < -0.3 is 10.1 Å². The lowest BCUT2D eigenvalue weighted by molar-refractivity contribution is 0.0601. The monoisotopic (exact) mass is 335 g/mol. The molecule has 0 aliphatic rings. The molecule has 0 atom stereocenters. The summed E-state index contributed by atoms with van der Waals surface area (Å²) < 4.78 is 28.0. The largest absolute Gasteiger partial charge is 0.465 e. The van der Waals surface area contributed by atoms with Crippen LogP contribution >= 0.6 is 0 Å². The Bertz CT molecular complexity index is 863. The number of nitrogens with zero attached hydrogens (tertiary/aromatic N) is 1. The number of para-hydroxylation sites is 1. The number of pyridine rings is 1. The number of ether oxygens (including phenoxy) is 1. The Morgan fingerprint density at radius 2 is 1.91 bits per heavy atom. The van der Waals surface area contributed by atoms with Gasteiger partial charge in [0.05, 0.1) is 12.8 Å². The molecule has 0 aliphatic carbocycles. The Morgan fingerprint density at radius 1 is 1.26 bits per heavy atom. The van der Waals surface area contributed by atoms with Gasteiger partial charge in [0, 0.05) is 17.4 Å². The highest BCUT2D eigenvalue weighted by Gasteiger charge is 2.23. The molecule has 7 nitrogen and oxygen atoms in total. The number of primary sulfonamides is 1. The van der Waals surface area contributed by atoms with Crippen LogP contribution in [0.4, 0.5) is 11.4 Å². The third-order valence-electron chi connectivity index (χ3n) is 3.36. The molecule has 0 bridgehead atoms. The van der Waals surface area contributed by atoms with Crippen LogP contribution in [0.5, 0.6) is 0 Å². The highest BCUT2D eigenvalue weighted by atomic mass is 32.2. The van der Waals surface area contributed by atoms with Gasteiger partial charge in [-0.15, -0.1) is 0 Å². The quantitative estimate of drug-likeness (QED) is 0.825. The summed E-state index contributed by atoms with van der Waals surface area (Å²) >= 11 is 0. The van der Waals surface area contributed by atoms with E-state index in [2.05, 4.69) is 10.3 Å². The van der Waals surface area contributed by atoms with E-state index in [-0.39, 0.29) is 16.2 Å². The number of hydrogen-bond acceptors (Lipinski definition) is 6. The number of nitrogens with one attached hydrogen (secondary N) is 1. The van der Waals surface area contributed by atoms with Crippen molar-refractivity contribution in [3.05, 3.63) is 47.2 Å². The summed E-state index contributed by atoms with van der Waals surface area (Å²) in [6.07, 6.45) is 1.14. The molecule has 1 aromatic carbocycles. The van der Waals surface area contributed by atoms with Crippen LogP contribution in [-0.2, 0) is 14.8 Å². The van der Waals surface area contributed by atoms with Crippen LogP contribution < -0.4 is 10.5 Å². The molecule has 3 N–H and O–H groups in total. The molecular weight excluding hydrogens is 318 g/mol. The van der Waals surface area contributed by atoms with E-state index in [1.165, 1.54) is 14.0 Å². The maximum atomic E-state index is 11.9. The molecule has 2 aromatic rings. The molecule has 0 amide bonds. The van der Waals surface area contributed by atoms with Crippen LogP contribution in [0.15, 0.2) is 35.5 Å². The fourth-order valence-corrected chi connectivity index (χ4v) is 2.88. The van der Waals surface area contributed by atoms with Crippen LogP contribution in [0, 0.1) is 13.8 Å². The van der Waals surface area contributed by atoms with Crippen molar-refractivity contribution in [3.63, 3.8) is 0 Å². The fraction of sp³-hybridized carbons (Fsp3) is 0.200. The molecule has 0 fully saturated rings. The number of sulfonamides is 1. The van der Waals surface area contributed by atoms with Crippen molar-refractivity contribution in [1.29, 1.82) is 0 Å². The summed E-state index contributed by atoms with van der Waals surface area (Å²) in [4.78, 5) is 15.7. The van der Waals surface area contributed by atoms with Crippen LogP contribution in [0.1, 0.15) is 21.5 Å². The molecule has 0 saturated heterocycles. The van der Waals surface area contributed by atoms with E-state index in [0.29, 0.717) is 5.69 Å². The number of carbonyl (C=O) groups excluding carboxylic acids is 1. The first kappa shape index (κ1) is 16.9. The van der Waals surface area contributed by atoms with Crippen molar-refractivity contribution in [2.45, 2.75) is 18.9 Å². The van der Waals surface area contributed by atoms with Crippen LogP contribution in [0.3, 0.4) is 0 Å². The Morgan fingerprint density at radius 3 is 2.48 bits per heavy atom. The first-order valence-corrected chi connectivity index (χ1v) is 8.23. The molecule has 1 aromatic heterocycles. The number of hydrogen-bond donors (Lipinski definition) is 2. The maximum absolute atomic E-state index is 11.9. The summed E-state index contributed by atoms with van der Waals surface area (Å²) in [6.45, 7) is 3.41. The minimum Gasteiger partial charge on any atom is -0.465 e. The molecule has 122 valence electrons. The van der Waals surface area contributed by atoms with Gasteiger partial charge in [-0.3, -0.25) is 0 Å². The number of carbonyl (C=O) groups is 1. The van der Waals surface area contributed by atoms with Crippen molar-refractivity contribution >= 4 is 27.4 Å². The van der Waals surface area contributed by atoms with E-state index in [9.17, 15) is 13.2 Å². The average Bonchev–Trinajstić information content (AvgIpc) is 2.49. The van der Waals surface area contributed by atoms with Gasteiger partial charge in [-0.1, -0.05) is 18.2 Å². The molecule has 23 heavy (non-hydrogen) atoms. The topological polar surface area (TPSA) is 111 Å². The smallest absolute Gasteiger partial charge is 0.341 e. The number of aryl methyl sites for hydroxylation is 1. The van der Waals surface area contributed by atoms with Crippen LogP contribution in [0.25, 0.3) is 0 Å². The lowest BCUT2D eigenvalue weighted by Crippen LogP contribution is -2.18. The second kappa shape index (κ2) is 6.35. The van der Waals surface area contributed by atoms with E-state index < -0.39 is 16.0 Å². The SMILES string of the molecule is COC(=O)c1cnc(S(N)(=O)=O)c(C)c1Nc1ccccc1C. The van der Waals surface area contributed by atoms with E-state index in [1.807, 2.05) is 31.2 Å². The number of methoxy groups -OCH3 is 1. The predicted octanol–water partition coefficient (Wildman–Crippen LogP) is 1.88. The van der Waals surface area contributed by atoms with Gasteiger partial charge in [0.1, 0.15) is 5.56 Å². The predicted molar refractivity (Wildman–Crippen MR) is 86.1 cm³/mol. The summed E-state index contributed by atoms with van der Waals surface area (Å²) in [5.41, 5.74) is 2.33. The van der Waals surface area contributed by atoms with Gasteiger partial charge in [0.15, 0.2) is 5.03 Å². The molecule has 0 unspecified atom stereocenters. The van der Waals surface area contributed by atoms with Gasteiger partial charge in [0.2, 0.25) is 0 Å². The minimum absolute atomic E-state index is 0.126. The second-order valence-corrected chi connectivity index (χ2v) is 6.43. The number of nitrogens with two attached hydrogens (primary N) is 1. The zero-order valence-electron chi connectivity index (χ0n) is 13.0. The Balaban J connectivity index is 2.67. The third kappa shape index (κ3) is 3.49. The number of rotatable bonds is 4. The van der Waals surface area contributed by atoms with Crippen molar-refractivity contribution < 1.29 is 17.9 Å². The van der Waals surface area contributed by atoms with E-state index in [4.69, 9.17) is 9.88 Å². The maximum Gasteiger partial charge on any atom is 0.341 e. The normalized spacial score (nSPS) is 11.1. The first-order valence-electron chi connectivity index (χ1n) is 6.69. The Labute approximate surface area is 134 Å². The molecular formula is C15H17N3O4S.